The highest BCUT2D eigenvalue weighted by atomic mass is 16.2. The fourth-order valence-corrected chi connectivity index (χ4v) is 1.58. The van der Waals surface area contributed by atoms with Crippen LogP contribution in [0.4, 0.5) is 0 Å². The first-order valence-corrected chi connectivity index (χ1v) is 5.13. The first kappa shape index (κ1) is 11.2. The molecule has 0 spiro atoms. The van der Waals surface area contributed by atoms with E-state index in [1.54, 1.807) is 0 Å². The second-order valence-corrected chi connectivity index (χ2v) is 4.22. The van der Waals surface area contributed by atoms with E-state index in [1.165, 1.54) is 0 Å². The Morgan fingerprint density at radius 2 is 1.86 bits per heavy atom. The maximum Gasteiger partial charge on any atom is 0.240 e. The van der Waals surface area contributed by atoms with Gasteiger partial charge in [0.15, 0.2) is 0 Å². The lowest BCUT2D eigenvalue weighted by molar-refractivity contribution is -0.136. The number of hydrogen-bond acceptors (Lipinski definition) is 3. The predicted molar refractivity (Wildman–Crippen MR) is 53.7 cm³/mol. The van der Waals surface area contributed by atoms with E-state index in [-0.39, 0.29) is 11.8 Å². The van der Waals surface area contributed by atoms with Crippen LogP contribution in [0.5, 0.6) is 0 Å². The van der Waals surface area contributed by atoms with Crippen molar-refractivity contribution >= 4 is 11.8 Å². The number of nitrogens with zero attached hydrogens (tertiary/aromatic N) is 1. The number of nitrogens with one attached hydrogen (secondary N) is 1. The van der Waals surface area contributed by atoms with Crippen LogP contribution in [-0.4, -0.2) is 36.3 Å². The van der Waals surface area contributed by atoms with Crippen LogP contribution in [-0.2, 0) is 9.59 Å². The summed E-state index contributed by atoms with van der Waals surface area (Å²) in [6, 6.07) is 0. The molecular weight excluding hydrogens is 180 g/mol. The number of imide groups is 1. The fraction of sp³-hybridized carbons (Fsp3) is 0.800. The summed E-state index contributed by atoms with van der Waals surface area (Å²) in [7, 11) is 0. The average Bonchev–Trinajstić information content (AvgIpc) is 2.01. The molecule has 1 rings (SSSR count). The van der Waals surface area contributed by atoms with Crippen molar-refractivity contribution < 1.29 is 9.59 Å². The molecule has 4 nitrogen and oxygen atoms in total. The molecule has 1 aliphatic heterocycles. The highest BCUT2D eigenvalue weighted by Crippen LogP contribution is 2.05. The molecule has 80 valence electrons. The minimum atomic E-state index is -0.175. The molecule has 1 fully saturated rings. The van der Waals surface area contributed by atoms with E-state index in [9.17, 15) is 9.59 Å². The summed E-state index contributed by atoms with van der Waals surface area (Å²) in [5.41, 5.74) is 0. The van der Waals surface area contributed by atoms with E-state index in [0.29, 0.717) is 19.0 Å². The highest BCUT2D eigenvalue weighted by molar-refractivity contribution is 5.99. The Kier molecular flexibility index (Phi) is 4.07. The van der Waals surface area contributed by atoms with Crippen molar-refractivity contribution in [2.24, 2.45) is 5.92 Å². The van der Waals surface area contributed by atoms with Crippen molar-refractivity contribution in [3.8, 4) is 0 Å². The van der Waals surface area contributed by atoms with Crippen LogP contribution in [0.15, 0.2) is 0 Å². The van der Waals surface area contributed by atoms with Crippen LogP contribution in [0.25, 0.3) is 0 Å². The van der Waals surface area contributed by atoms with Crippen LogP contribution < -0.4 is 5.32 Å². The van der Waals surface area contributed by atoms with Crippen molar-refractivity contribution in [2.45, 2.75) is 26.7 Å². The first-order valence-electron chi connectivity index (χ1n) is 5.13. The smallest absolute Gasteiger partial charge is 0.240 e. The molecule has 1 aliphatic rings. The zero-order chi connectivity index (χ0) is 10.6. The molecule has 0 saturated carbocycles. The van der Waals surface area contributed by atoms with Gasteiger partial charge >= 0.3 is 0 Å². The summed E-state index contributed by atoms with van der Waals surface area (Å²) < 4.78 is 0. The Labute approximate surface area is 84.7 Å². The lowest BCUT2D eigenvalue weighted by Crippen LogP contribution is -2.51. The van der Waals surface area contributed by atoms with Gasteiger partial charge in [-0.05, 0) is 25.3 Å². The van der Waals surface area contributed by atoms with Crippen LogP contribution in [0.1, 0.15) is 26.7 Å². The third-order valence-corrected chi connectivity index (χ3v) is 2.27. The quantitative estimate of drug-likeness (QED) is 0.664. The standard InChI is InChI=1S/C10H18N2O2/c1-8(2)4-3-5-12-6-9(13)11-10(14)7-12/h8H,3-7H2,1-2H3,(H,11,13,14). The van der Waals surface area contributed by atoms with Crippen molar-refractivity contribution in [1.82, 2.24) is 10.2 Å². The SMILES string of the molecule is CC(C)CCCN1CC(=O)NC(=O)C1. The Balaban J connectivity index is 2.23. The van der Waals surface area contributed by atoms with Crippen molar-refractivity contribution in [2.75, 3.05) is 19.6 Å². The molecule has 2 amide bonds. The van der Waals surface area contributed by atoms with E-state index in [2.05, 4.69) is 19.2 Å². The maximum absolute atomic E-state index is 11.0. The zero-order valence-electron chi connectivity index (χ0n) is 8.88. The second kappa shape index (κ2) is 5.10. The second-order valence-electron chi connectivity index (χ2n) is 4.22. The molecule has 1 N–H and O–H groups in total. The van der Waals surface area contributed by atoms with Crippen molar-refractivity contribution in [1.29, 1.82) is 0 Å². The van der Waals surface area contributed by atoms with E-state index < -0.39 is 0 Å². The van der Waals surface area contributed by atoms with Crippen LogP contribution in [0.2, 0.25) is 0 Å². The molecule has 1 heterocycles. The molecule has 14 heavy (non-hydrogen) atoms. The van der Waals surface area contributed by atoms with Gasteiger partial charge in [-0.2, -0.15) is 0 Å². The van der Waals surface area contributed by atoms with E-state index in [0.717, 1.165) is 19.4 Å². The average molecular weight is 198 g/mol. The number of hydrogen-bond donors (Lipinski definition) is 1. The number of carbonyl (C=O) groups is 2. The summed E-state index contributed by atoms with van der Waals surface area (Å²) in [5.74, 6) is 0.334. The van der Waals surface area contributed by atoms with Gasteiger partial charge in [-0.15, -0.1) is 0 Å². The molecule has 4 heteroatoms. The minimum Gasteiger partial charge on any atom is -0.294 e. The lowest BCUT2D eigenvalue weighted by atomic mass is 10.1. The zero-order valence-corrected chi connectivity index (χ0v) is 8.88. The van der Waals surface area contributed by atoms with Gasteiger partial charge in [0.1, 0.15) is 0 Å². The Bertz CT molecular complexity index is 210. The number of piperazine rings is 1. The van der Waals surface area contributed by atoms with Crippen LogP contribution in [0, 0.1) is 5.92 Å². The third kappa shape index (κ3) is 3.87. The number of rotatable bonds is 4. The molecule has 0 aromatic rings. The van der Waals surface area contributed by atoms with Gasteiger partial charge in [0, 0.05) is 0 Å². The summed E-state index contributed by atoms with van der Waals surface area (Å²) in [6.07, 6.45) is 2.20. The van der Waals surface area contributed by atoms with Crippen LogP contribution in [0.3, 0.4) is 0 Å². The molecule has 0 aromatic heterocycles. The van der Waals surface area contributed by atoms with Crippen LogP contribution >= 0.6 is 0 Å². The predicted octanol–water partition coefficient (Wildman–Crippen LogP) is 0.381. The monoisotopic (exact) mass is 198 g/mol. The first-order chi connectivity index (χ1) is 6.58. The molecule has 0 radical (unpaired) electrons. The minimum absolute atomic E-state index is 0.175. The van der Waals surface area contributed by atoms with Gasteiger partial charge in [-0.3, -0.25) is 19.8 Å². The summed E-state index contributed by atoms with van der Waals surface area (Å²) in [5, 5.41) is 2.29. The Hall–Kier alpha value is -0.900. The fourth-order valence-electron chi connectivity index (χ4n) is 1.58. The molecule has 0 bridgehead atoms. The third-order valence-electron chi connectivity index (χ3n) is 2.27. The van der Waals surface area contributed by atoms with E-state index in [1.807, 2.05) is 4.90 Å². The number of carbonyl (C=O) groups excluding carboxylic acids is 2. The molecular formula is C10H18N2O2. The Morgan fingerprint density at radius 1 is 1.29 bits per heavy atom. The maximum atomic E-state index is 11.0. The van der Waals surface area contributed by atoms with Crippen molar-refractivity contribution in [3.05, 3.63) is 0 Å². The molecule has 0 aliphatic carbocycles. The molecule has 0 atom stereocenters. The van der Waals surface area contributed by atoms with Gasteiger partial charge in [-0.25, -0.2) is 0 Å². The molecule has 1 saturated heterocycles. The Morgan fingerprint density at radius 3 is 2.36 bits per heavy atom. The number of amides is 2. The molecule has 0 unspecified atom stereocenters. The summed E-state index contributed by atoms with van der Waals surface area (Å²) >= 11 is 0. The van der Waals surface area contributed by atoms with E-state index >= 15 is 0 Å². The van der Waals surface area contributed by atoms with Gasteiger partial charge in [-0.1, -0.05) is 13.8 Å². The van der Waals surface area contributed by atoms with E-state index in [4.69, 9.17) is 0 Å². The lowest BCUT2D eigenvalue weighted by Gasteiger charge is -2.25. The molecule has 0 aromatic carbocycles. The van der Waals surface area contributed by atoms with Gasteiger partial charge in [0.2, 0.25) is 11.8 Å². The highest BCUT2D eigenvalue weighted by Gasteiger charge is 2.21. The largest absolute Gasteiger partial charge is 0.294 e. The van der Waals surface area contributed by atoms with Gasteiger partial charge in [0.25, 0.3) is 0 Å². The van der Waals surface area contributed by atoms with Crippen molar-refractivity contribution in [3.63, 3.8) is 0 Å². The van der Waals surface area contributed by atoms with Gasteiger partial charge in [0.05, 0.1) is 13.1 Å². The topological polar surface area (TPSA) is 49.4 Å². The summed E-state index contributed by atoms with van der Waals surface area (Å²) in [6.45, 7) is 5.92. The van der Waals surface area contributed by atoms with Gasteiger partial charge < -0.3 is 0 Å². The normalized spacial score (nSPS) is 18.8. The summed E-state index contributed by atoms with van der Waals surface area (Å²) in [4.78, 5) is 23.9.